The summed E-state index contributed by atoms with van der Waals surface area (Å²) in [5.74, 6) is -1.43. The fourth-order valence-electron chi connectivity index (χ4n) is 2.80. The number of imide groups is 1. The van der Waals surface area contributed by atoms with E-state index in [1.165, 1.54) is 13.1 Å². The summed E-state index contributed by atoms with van der Waals surface area (Å²) in [6.45, 7) is 5.75. The number of nitrogens with zero attached hydrogens (tertiary/aromatic N) is 3. The first kappa shape index (κ1) is 19.3. The van der Waals surface area contributed by atoms with Gasteiger partial charge in [0.25, 0.3) is 11.8 Å². The predicted molar refractivity (Wildman–Crippen MR) is 99.4 cm³/mol. The highest BCUT2D eigenvalue weighted by molar-refractivity contribution is 6.23. The predicted octanol–water partition coefficient (Wildman–Crippen LogP) is 1.90. The quantitative estimate of drug-likeness (QED) is 0.726. The standard InChI is InChI=1S/C19H20N4O5/c1-4-27-16-14(10-20-19(22-16)28-5-2)21-15(24)11(3)23-17(25)12-8-6-7-9-13(12)18(23)26/h6-11H,4-5H2,1-3H3,(H,21,24). The third-order valence-electron chi connectivity index (χ3n) is 4.14. The van der Waals surface area contributed by atoms with Gasteiger partial charge in [0, 0.05) is 0 Å². The molecule has 2 aromatic rings. The van der Waals surface area contributed by atoms with Crippen molar-refractivity contribution in [3.05, 3.63) is 41.6 Å². The highest BCUT2D eigenvalue weighted by Gasteiger charge is 2.40. The van der Waals surface area contributed by atoms with E-state index in [-0.39, 0.29) is 28.7 Å². The zero-order valence-electron chi connectivity index (χ0n) is 15.8. The molecular formula is C19H20N4O5. The van der Waals surface area contributed by atoms with Crippen molar-refractivity contribution in [3.8, 4) is 11.9 Å². The number of amides is 3. The van der Waals surface area contributed by atoms with Crippen molar-refractivity contribution in [1.82, 2.24) is 14.9 Å². The van der Waals surface area contributed by atoms with Crippen molar-refractivity contribution in [2.24, 2.45) is 0 Å². The summed E-state index contributed by atoms with van der Waals surface area (Å²) in [5.41, 5.74) is 0.789. The van der Waals surface area contributed by atoms with Crippen LogP contribution in [-0.2, 0) is 4.79 Å². The third-order valence-corrected chi connectivity index (χ3v) is 4.14. The maximum Gasteiger partial charge on any atom is 0.319 e. The molecule has 0 spiro atoms. The van der Waals surface area contributed by atoms with E-state index in [1.54, 1.807) is 38.1 Å². The molecular weight excluding hydrogens is 364 g/mol. The number of carbonyl (C=O) groups excluding carboxylic acids is 3. The van der Waals surface area contributed by atoms with Gasteiger partial charge in [-0.1, -0.05) is 12.1 Å². The van der Waals surface area contributed by atoms with Crippen LogP contribution in [0.3, 0.4) is 0 Å². The number of carbonyl (C=O) groups is 3. The van der Waals surface area contributed by atoms with Crippen molar-refractivity contribution in [3.63, 3.8) is 0 Å². The van der Waals surface area contributed by atoms with E-state index in [9.17, 15) is 14.4 Å². The third kappa shape index (κ3) is 3.51. The number of rotatable bonds is 7. The SMILES string of the molecule is CCOc1ncc(NC(=O)C(C)N2C(=O)c3ccccc3C2=O)c(OCC)n1. The smallest absolute Gasteiger partial charge is 0.319 e. The van der Waals surface area contributed by atoms with Gasteiger partial charge in [0.15, 0.2) is 0 Å². The Kier molecular flexibility index (Phi) is 5.53. The molecule has 3 amide bonds. The van der Waals surface area contributed by atoms with Gasteiger partial charge < -0.3 is 14.8 Å². The van der Waals surface area contributed by atoms with Crippen molar-refractivity contribution >= 4 is 23.4 Å². The number of ether oxygens (including phenoxy) is 2. The van der Waals surface area contributed by atoms with Gasteiger partial charge in [0.2, 0.25) is 11.8 Å². The molecule has 0 aliphatic carbocycles. The molecule has 1 aliphatic rings. The maximum absolute atomic E-state index is 12.7. The topological polar surface area (TPSA) is 111 Å². The molecule has 1 aromatic carbocycles. The molecule has 1 aliphatic heterocycles. The Hall–Kier alpha value is -3.49. The minimum Gasteiger partial charge on any atom is -0.476 e. The minimum absolute atomic E-state index is 0.123. The van der Waals surface area contributed by atoms with Gasteiger partial charge in [-0.15, -0.1) is 0 Å². The number of hydrogen-bond acceptors (Lipinski definition) is 7. The van der Waals surface area contributed by atoms with Gasteiger partial charge in [0.1, 0.15) is 11.7 Å². The Bertz CT molecular complexity index is 895. The van der Waals surface area contributed by atoms with Crippen molar-refractivity contribution in [1.29, 1.82) is 0 Å². The highest BCUT2D eigenvalue weighted by atomic mass is 16.5. The Morgan fingerprint density at radius 3 is 2.29 bits per heavy atom. The zero-order valence-corrected chi connectivity index (χ0v) is 15.8. The molecule has 9 heteroatoms. The molecule has 0 saturated heterocycles. The van der Waals surface area contributed by atoms with Gasteiger partial charge in [-0.25, -0.2) is 4.98 Å². The number of hydrogen-bond donors (Lipinski definition) is 1. The van der Waals surface area contributed by atoms with E-state index in [0.717, 1.165) is 4.90 Å². The summed E-state index contributed by atoms with van der Waals surface area (Å²) in [6, 6.07) is 5.56. The summed E-state index contributed by atoms with van der Waals surface area (Å²) < 4.78 is 10.7. The first-order valence-electron chi connectivity index (χ1n) is 8.88. The van der Waals surface area contributed by atoms with Crippen LogP contribution in [0.1, 0.15) is 41.5 Å². The minimum atomic E-state index is -1.03. The maximum atomic E-state index is 12.7. The molecule has 1 unspecified atom stereocenters. The first-order valence-corrected chi connectivity index (χ1v) is 8.88. The Labute approximate surface area is 161 Å². The van der Waals surface area contributed by atoms with Crippen LogP contribution >= 0.6 is 0 Å². The van der Waals surface area contributed by atoms with Crippen LogP contribution in [0.2, 0.25) is 0 Å². The molecule has 1 N–H and O–H groups in total. The molecule has 28 heavy (non-hydrogen) atoms. The van der Waals surface area contributed by atoms with Crippen LogP contribution in [-0.4, -0.2) is 51.8 Å². The van der Waals surface area contributed by atoms with Crippen LogP contribution in [0.5, 0.6) is 11.9 Å². The van der Waals surface area contributed by atoms with E-state index >= 15 is 0 Å². The highest BCUT2D eigenvalue weighted by Crippen LogP contribution is 2.27. The normalized spacial score (nSPS) is 13.9. The molecule has 146 valence electrons. The van der Waals surface area contributed by atoms with Crippen LogP contribution < -0.4 is 14.8 Å². The summed E-state index contributed by atoms with van der Waals surface area (Å²) in [5, 5.41) is 2.62. The second-order valence-electron chi connectivity index (χ2n) is 5.93. The second-order valence-corrected chi connectivity index (χ2v) is 5.93. The summed E-state index contributed by atoms with van der Waals surface area (Å²) in [7, 11) is 0. The van der Waals surface area contributed by atoms with Gasteiger partial charge in [-0.3, -0.25) is 19.3 Å². The average molecular weight is 384 g/mol. The zero-order chi connectivity index (χ0) is 20.3. The van der Waals surface area contributed by atoms with E-state index in [4.69, 9.17) is 9.47 Å². The van der Waals surface area contributed by atoms with E-state index in [1.807, 2.05) is 0 Å². The fraction of sp³-hybridized carbons (Fsp3) is 0.316. The van der Waals surface area contributed by atoms with E-state index in [0.29, 0.717) is 13.2 Å². The summed E-state index contributed by atoms with van der Waals surface area (Å²) in [6.07, 6.45) is 1.36. The lowest BCUT2D eigenvalue weighted by Crippen LogP contribution is -2.45. The van der Waals surface area contributed by atoms with Crippen molar-refractivity contribution < 1.29 is 23.9 Å². The van der Waals surface area contributed by atoms with Crippen LogP contribution in [0.25, 0.3) is 0 Å². The van der Waals surface area contributed by atoms with E-state index in [2.05, 4.69) is 15.3 Å². The fourth-order valence-corrected chi connectivity index (χ4v) is 2.80. The average Bonchev–Trinajstić information content (AvgIpc) is 2.94. The largest absolute Gasteiger partial charge is 0.476 e. The van der Waals surface area contributed by atoms with Gasteiger partial charge in [0.05, 0.1) is 30.5 Å². The lowest BCUT2D eigenvalue weighted by molar-refractivity contribution is -0.119. The first-order chi connectivity index (χ1) is 13.5. The number of anilines is 1. The monoisotopic (exact) mass is 384 g/mol. The number of fused-ring (bicyclic) bond motifs is 1. The molecule has 1 atom stereocenters. The molecule has 3 rings (SSSR count). The molecule has 0 saturated carbocycles. The number of benzene rings is 1. The molecule has 0 radical (unpaired) electrons. The molecule has 2 heterocycles. The molecule has 9 nitrogen and oxygen atoms in total. The summed E-state index contributed by atoms with van der Waals surface area (Å²) >= 11 is 0. The number of nitrogens with one attached hydrogen (secondary N) is 1. The van der Waals surface area contributed by atoms with Crippen molar-refractivity contribution in [2.75, 3.05) is 18.5 Å². The van der Waals surface area contributed by atoms with Crippen molar-refractivity contribution in [2.45, 2.75) is 26.8 Å². The Balaban J connectivity index is 1.80. The lowest BCUT2D eigenvalue weighted by Gasteiger charge is -2.22. The van der Waals surface area contributed by atoms with Crippen LogP contribution in [0.15, 0.2) is 30.5 Å². The Morgan fingerprint density at radius 2 is 1.71 bits per heavy atom. The van der Waals surface area contributed by atoms with Gasteiger partial charge in [-0.05, 0) is 32.9 Å². The lowest BCUT2D eigenvalue weighted by atomic mass is 10.1. The number of aromatic nitrogens is 2. The van der Waals surface area contributed by atoms with Crippen LogP contribution in [0.4, 0.5) is 5.69 Å². The van der Waals surface area contributed by atoms with Gasteiger partial charge >= 0.3 is 6.01 Å². The summed E-state index contributed by atoms with van der Waals surface area (Å²) in [4.78, 5) is 46.9. The van der Waals surface area contributed by atoms with E-state index < -0.39 is 23.8 Å². The molecule has 0 fully saturated rings. The Morgan fingerprint density at radius 1 is 1.11 bits per heavy atom. The molecule has 1 aromatic heterocycles. The molecule has 0 bridgehead atoms. The van der Waals surface area contributed by atoms with Crippen LogP contribution in [0, 0.1) is 0 Å². The second kappa shape index (κ2) is 8.03. The van der Waals surface area contributed by atoms with Gasteiger partial charge in [-0.2, -0.15) is 4.98 Å².